The minimum Gasteiger partial charge on any atom is -0.366 e. The Labute approximate surface area is 149 Å². The summed E-state index contributed by atoms with van der Waals surface area (Å²) in [4.78, 5) is 6.38. The molecule has 118 valence electrons. The Morgan fingerprint density at radius 2 is 1.78 bits per heavy atom. The van der Waals surface area contributed by atoms with Gasteiger partial charge in [0.25, 0.3) is 0 Å². The Morgan fingerprint density at radius 3 is 2.57 bits per heavy atom. The highest BCUT2D eigenvalue weighted by molar-refractivity contribution is 6.37. The summed E-state index contributed by atoms with van der Waals surface area (Å²) in [5.74, 6) is 0.710. The molecule has 2 aliphatic rings. The van der Waals surface area contributed by atoms with Crippen molar-refractivity contribution in [3.63, 3.8) is 0 Å². The zero-order valence-electron chi connectivity index (χ0n) is 12.1. The maximum atomic E-state index is 11.5. The van der Waals surface area contributed by atoms with Gasteiger partial charge in [0.1, 0.15) is 5.84 Å². The van der Waals surface area contributed by atoms with E-state index in [0.717, 1.165) is 11.1 Å². The van der Waals surface area contributed by atoms with E-state index in [1.54, 1.807) is 12.1 Å². The highest BCUT2D eigenvalue weighted by Gasteiger charge is 2.51. The smallest absolute Gasteiger partial charge is 0.171 e. The molecule has 0 radical (unpaired) electrons. The molecule has 1 atom stereocenters. The molecule has 0 bridgehead atoms. The van der Waals surface area contributed by atoms with Crippen molar-refractivity contribution in [2.75, 3.05) is 13.1 Å². The summed E-state index contributed by atoms with van der Waals surface area (Å²) in [5, 5.41) is 13.2. The number of amidine groups is 1. The Kier molecular flexibility index (Phi) is 3.58. The van der Waals surface area contributed by atoms with Crippen LogP contribution in [-0.4, -0.2) is 28.9 Å². The Morgan fingerprint density at radius 1 is 1.04 bits per heavy atom. The fourth-order valence-electron chi connectivity index (χ4n) is 3.41. The van der Waals surface area contributed by atoms with Gasteiger partial charge in [0.15, 0.2) is 5.72 Å². The number of aliphatic hydroxyl groups is 1. The number of benzene rings is 2. The van der Waals surface area contributed by atoms with Crippen molar-refractivity contribution in [3.05, 3.63) is 68.2 Å². The van der Waals surface area contributed by atoms with Gasteiger partial charge in [-0.1, -0.05) is 53.0 Å². The van der Waals surface area contributed by atoms with Gasteiger partial charge in [-0.2, -0.15) is 0 Å². The predicted molar refractivity (Wildman–Crippen MR) is 93.6 cm³/mol. The number of halogens is 3. The van der Waals surface area contributed by atoms with Crippen LogP contribution in [0.4, 0.5) is 0 Å². The van der Waals surface area contributed by atoms with Crippen LogP contribution in [0.25, 0.3) is 0 Å². The predicted octanol–water partition coefficient (Wildman–Crippen LogP) is 4.11. The molecule has 0 spiro atoms. The first-order valence-electron chi connectivity index (χ1n) is 7.29. The molecule has 2 aromatic carbocycles. The molecule has 0 aliphatic carbocycles. The van der Waals surface area contributed by atoms with Crippen molar-refractivity contribution < 1.29 is 5.11 Å². The zero-order chi connectivity index (χ0) is 16.2. The quantitative estimate of drug-likeness (QED) is 0.867. The standard InChI is InChI=1S/C17H13Cl3N2O/c18-11-4-2-1-3-10(11)9-17(23)15-13(20)6-5-12(19)14(15)16-21-7-8-22(16)17/h1-6,23H,7-9H2. The van der Waals surface area contributed by atoms with Crippen molar-refractivity contribution >= 4 is 40.6 Å². The number of nitrogens with zero attached hydrogens (tertiary/aromatic N) is 2. The third kappa shape index (κ3) is 2.18. The number of aliphatic imine (C=N–C) groups is 1. The van der Waals surface area contributed by atoms with Gasteiger partial charge < -0.3 is 10.0 Å². The van der Waals surface area contributed by atoms with Crippen molar-refractivity contribution in [1.29, 1.82) is 0 Å². The largest absolute Gasteiger partial charge is 0.366 e. The third-order valence-corrected chi connectivity index (χ3v) is 5.41. The fourth-order valence-corrected chi connectivity index (χ4v) is 4.16. The molecule has 6 heteroatoms. The SMILES string of the molecule is OC1(Cc2ccccc2Cl)c2c(Cl)ccc(Cl)c2C2=NCCN21. The molecule has 2 aromatic rings. The lowest BCUT2D eigenvalue weighted by Gasteiger charge is -2.34. The molecule has 0 amide bonds. The molecule has 3 nitrogen and oxygen atoms in total. The molecular formula is C17H13Cl3N2O. The van der Waals surface area contributed by atoms with Crippen molar-refractivity contribution in [2.24, 2.45) is 4.99 Å². The first-order chi connectivity index (χ1) is 11.0. The maximum Gasteiger partial charge on any atom is 0.171 e. The molecule has 2 heterocycles. The fraction of sp³-hybridized carbons (Fsp3) is 0.235. The minimum absolute atomic E-state index is 0.318. The lowest BCUT2D eigenvalue weighted by molar-refractivity contribution is -0.0636. The van der Waals surface area contributed by atoms with Crippen LogP contribution in [0, 0.1) is 0 Å². The second-order valence-corrected chi connectivity index (χ2v) is 6.94. The molecule has 4 rings (SSSR count). The summed E-state index contributed by atoms with van der Waals surface area (Å²) in [6.07, 6.45) is 0.318. The van der Waals surface area contributed by atoms with E-state index in [4.69, 9.17) is 34.8 Å². The van der Waals surface area contributed by atoms with Crippen molar-refractivity contribution in [3.8, 4) is 0 Å². The third-order valence-electron chi connectivity index (χ3n) is 4.41. The lowest BCUT2D eigenvalue weighted by atomic mass is 9.94. The summed E-state index contributed by atoms with van der Waals surface area (Å²) < 4.78 is 0. The molecule has 23 heavy (non-hydrogen) atoms. The molecule has 0 saturated carbocycles. The normalized spacial score (nSPS) is 22.1. The number of fused-ring (bicyclic) bond motifs is 3. The van der Waals surface area contributed by atoms with Crippen LogP contribution >= 0.6 is 34.8 Å². The summed E-state index contributed by atoms with van der Waals surface area (Å²) in [5.41, 5.74) is 0.903. The zero-order valence-corrected chi connectivity index (χ0v) is 14.3. The van der Waals surface area contributed by atoms with Gasteiger partial charge in [-0.05, 0) is 23.8 Å². The van der Waals surface area contributed by atoms with Crippen LogP contribution in [0.3, 0.4) is 0 Å². The van der Waals surface area contributed by atoms with Crippen molar-refractivity contribution in [1.82, 2.24) is 4.90 Å². The average Bonchev–Trinajstić information content (AvgIpc) is 3.08. The van der Waals surface area contributed by atoms with Gasteiger partial charge >= 0.3 is 0 Å². The van der Waals surface area contributed by atoms with Crippen LogP contribution in [0.2, 0.25) is 15.1 Å². The van der Waals surface area contributed by atoms with E-state index in [2.05, 4.69) is 4.99 Å². The molecule has 2 aliphatic heterocycles. The molecule has 0 fully saturated rings. The highest BCUT2D eigenvalue weighted by atomic mass is 35.5. The number of hydrogen-bond donors (Lipinski definition) is 1. The monoisotopic (exact) mass is 366 g/mol. The Balaban J connectivity index is 1.91. The van der Waals surface area contributed by atoms with Crippen LogP contribution in [0.1, 0.15) is 16.7 Å². The minimum atomic E-state index is -1.29. The van der Waals surface area contributed by atoms with E-state index in [9.17, 15) is 5.11 Å². The van der Waals surface area contributed by atoms with Gasteiger partial charge in [-0.15, -0.1) is 0 Å². The summed E-state index contributed by atoms with van der Waals surface area (Å²) in [7, 11) is 0. The van der Waals surface area contributed by atoms with E-state index in [1.165, 1.54) is 0 Å². The lowest BCUT2D eigenvalue weighted by Crippen LogP contribution is -2.44. The first kappa shape index (κ1) is 15.3. The topological polar surface area (TPSA) is 35.8 Å². The van der Waals surface area contributed by atoms with Crippen LogP contribution < -0.4 is 0 Å². The van der Waals surface area contributed by atoms with Crippen LogP contribution in [-0.2, 0) is 12.1 Å². The number of rotatable bonds is 2. The summed E-state index contributed by atoms with van der Waals surface area (Å²) >= 11 is 19.1. The van der Waals surface area contributed by atoms with E-state index in [0.29, 0.717) is 46.0 Å². The summed E-state index contributed by atoms with van der Waals surface area (Å²) in [6, 6.07) is 10.9. The van der Waals surface area contributed by atoms with E-state index < -0.39 is 5.72 Å². The maximum absolute atomic E-state index is 11.5. The van der Waals surface area contributed by atoms with Gasteiger partial charge in [0.2, 0.25) is 0 Å². The van der Waals surface area contributed by atoms with E-state index in [-0.39, 0.29) is 0 Å². The average molecular weight is 368 g/mol. The second-order valence-electron chi connectivity index (χ2n) is 5.72. The van der Waals surface area contributed by atoms with Gasteiger partial charge in [0, 0.05) is 34.1 Å². The van der Waals surface area contributed by atoms with Crippen LogP contribution in [0.5, 0.6) is 0 Å². The number of hydrogen-bond acceptors (Lipinski definition) is 3. The first-order valence-corrected chi connectivity index (χ1v) is 8.42. The molecule has 0 aromatic heterocycles. The second kappa shape index (κ2) is 5.38. The van der Waals surface area contributed by atoms with Gasteiger partial charge in [-0.25, -0.2) is 0 Å². The highest BCUT2D eigenvalue weighted by Crippen LogP contribution is 2.47. The molecule has 1 N–H and O–H groups in total. The Bertz CT molecular complexity index is 837. The van der Waals surface area contributed by atoms with E-state index >= 15 is 0 Å². The van der Waals surface area contributed by atoms with Crippen molar-refractivity contribution in [2.45, 2.75) is 12.1 Å². The molecule has 1 unspecified atom stereocenters. The van der Waals surface area contributed by atoms with Crippen LogP contribution in [0.15, 0.2) is 41.4 Å². The van der Waals surface area contributed by atoms with Gasteiger partial charge in [-0.3, -0.25) is 4.99 Å². The Hall–Kier alpha value is -1.26. The summed E-state index contributed by atoms with van der Waals surface area (Å²) in [6.45, 7) is 1.25. The molecular weight excluding hydrogens is 355 g/mol. The molecule has 0 saturated heterocycles. The van der Waals surface area contributed by atoms with Gasteiger partial charge in [0.05, 0.1) is 11.6 Å². The van der Waals surface area contributed by atoms with E-state index in [1.807, 2.05) is 29.2 Å².